The van der Waals surface area contributed by atoms with Crippen molar-refractivity contribution in [3.63, 3.8) is 0 Å². The van der Waals surface area contributed by atoms with Gasteiger partial charge in [-0.3, -0.25) is 24.6 Å². The predicted octanol–water partition coefficient (Wildman–Crippen LogP) is 0.879. The highest BCUT2D eigenvalue weighted by atomic mass is 16.2. The Bertz CT molecular complexity index is 848. The van der Waals surface area contributed by atoms with Crippen molar-refractivity contribution in [1.29, 1.82) is 0 Å². The molecule has 4 heterocycles. The minimum atomic E-state index is -0.546. The predicted molar refractivity (Wildman–Crippen MR) is 107 cm³/mol. The van der Waals surface area contributed by atoms with Gasteiger partial charge in [0.15, 0.2) is 0 Å². The van der Waals surface area contributed by atoms with E-state index in [0.29, 0.717) is 18.5 Å². The van der Waals surface area contributed by atoms with Crippen LogP contribution in [0.25, 0.3) is 0 Å². The molecule has 0 radical (unpaired) electrons. The molecule has 3 saturated heterocycles. The minimum absolute atomic E-state index is 0.0901. The van der Waals surface area contributed by atoms with E-state index in [2.05, 4.69) is 21.6 Å². The van der Waals surface area contributed by atoms with E-state index in [1.165, 1.54) is 12.8 Å². The summed E-state index contributed by atoms with van der Waals surface area (Å²) in [5.41, 5.74) is 2.84. The Kier molecular flexibility index (Phi) is 4.87. The van der Waals surface area contributed by atoms with Crippen molar-refractivity contribution >= 4 is 17.7 Å². The van der Waals surface area contributed by atoms with Crippen molar-refractivity contribution in [2.45, 2.75) is 44.8 Å². The van der Waals surface area contributed by atoms with E-state index >= 15 is 0 Å². The van der Waals surface area contributed by atoms with E-state index in [1.807, 2.05) is 12.1 Å². The highest BCUT2D eigenvalue weighted by Crippen LogP contribution is 2.31. The Morgan fingerprint density at radius 3 is 2.76 bits per heavy atom. The molecular weight excluding hydrogens is 368 g/mol. The molecule has 154 valence electrons. The number of nitrogens with one attached hydrogen (secondary N) is 2. The molecule has 0 saturated carbocycles. The van der Waals surface area contributed by atoms with Gasteiger partial charge in [0.1, 0.15) is 6.04 Å². The fraction of sp³-hybridized carbons (Fsp3) is 0.591. The molecule has 3 amide bonds. The first-order valence-corrected chi connectivity index (χ1v) is 10.8. The van der Waals surface area contributed by atoms with Gasteiger partial charge in [0.25, 0.3) is 5.91 Å². The van der Waals surface area contributed by atoms with E-state index in [-0.39, 0.29) is 24.1 Å². The molecule has 4 aliphatic rings. The van der Waals surface area contributed by atoms with Crippen molar-refractivity contribution in [2.75, 3.05) is 26.2 Å². The number of fused-ring (bicyclic) bond motifs is 1. The SMILES string of the molecule is O=C1CCC(N2Cc3ccc(CN4CCC(C5CCNC5)C4)cc3C2=O)C(=O)N1. The Labute approximate surface area is 170 Å². The van der Waals surface area contributed by atoms with E-state index in [0.717, 1.165) is 55.7 Å². The zero-order valence-corrected chi connectivity index (χ0v) is 16.7. The lowest BCUT2D eigenvalue weighted by atomic mass is 9.91. The summed E-state index contributed by atoms with van der Waals surface area (Å²) in [6.07, 6.45) is 3.25. The lowest BCUT2D eigenvalue weighted by Gasteiger charge is -2.29. The summed E-state index contributed by atoms with van der Waals surface area (Å²) < 4.78 is 0. The average molecular weight is 396 g/mol. The van der Waals surface area contributed by atoms with Gasteiger partial charge in [-0.15, -0.1) is 0 Å². The van der Waals surface area contributed by atoms with Crippen LogP contribution in [0.15, 0.2) is 18.2 Å². The molecule has 4 aliphatic heterocycles. The molecule has 0 bridgehead atoms. The zero-order valence-electron chi connectivity index (χ0n) is 16.7. The van der Waals surface area contributed by atoms with Crippen LogP contribution >= 0.6 is 0 Å². The van der Waals surface area contributed by atoms with Crippen molar-refractivity contribution in [3.05, 3.63) is 34.9 Å². The summed E-state index contributed by atoms with van der Waals surface area (Å²) in [7, 11) is 0. The number of piperidine rings is 1. The van der Waals surface area contributed by atoms with Gasteiger partial charge in [-0.25, -0.2) is 0 Å². The highest BCUT2D eigenvalue weighted by molar-refractivity contribution is 6.05. The lowest BCUT2D eigenvalue weighted by Crippen LogP contribution is -2.52. The van der Waals surface area contributed by atoms with E-state index in [9.17, 15) is 14.4 Å². The standard InChI is InChI=1S/C22H28N4O3/c27-20-4-3-19(21(28)24-20)26-13-17-2-1-14(9-18(17)22(26)29)11-25-8-6-16(12-25)15-5-7-23-10-15/h1-2,9,15-16,19,23H,3-8,10-13H2,(H,24,27,28). The third-order valence-corrected chi connectivity index (χ3v) is 7.07. The Balaban J connectivity index is 1.25. The molecule has 3 atom stereocenters. The van der Waals surface area contributed by atoms with Gasteiger partial charge in [-0.1, -0.05) is 12.1 Å². The molecule has 3 fully saturated rings. The number of nitrogens with zero attached hydrogens (tertiary/aromatic N) is 2. The van der Waals surface area contributed by atoms with Gasteiger partial charge in [-0.05, 0) is 67.9 Å². The molecule has 7 nitrogen and oxygen atoms in total. The van der Waals surface area contributed by atoms with Crippen LogP contribution < -0.4 is 10.6 Å². The summed E-state index contributed by atoms with van der Waals surface area (Å²) in [5, 5.41) is 5.83. The highest BCUT2D eigenvalue weighted by Gasteiger charge is 2.39. The third-order valence-electron chi connectivity index (χ3n) is 7.07. The zero-order chi connectivity index (χ0) is 20.0. The summed E-state index contributed by atoms with van der Waals surface area (Å²) in [6, 6.07) is 5.61. The molecule has 1 aromatic carbocycles. The molecule has 2 N–H and O–H groups in total. The number of hydrogen-bond acceptors (Lipinski definition) is 5. The summed E-state index contributed by atoms with van der Waals surface area (Å²) in [6.45, 7) is 5.88. The van der Waals surface area contributed by atoms with Crippen LogP contribution in [0, 0.1) is 11.8 Å². The van der Waals surface area contributed by atoms with Crippen LogP contribution in [0.5, 0.6) is 0 Å². The molecule has 7 heteroatoms. The second kappa shape index (κ2) is 7.54. The largest absolute Gasteiger partial charge is 0.322 e. The second-order valence-corrected chi connectivity index (χ2v) is 8.93. The first-order valence-electron chi connectivity index (χ1n) is 10.8. The van der Waals surface area contributed by atoms with Crippen molar-refractivity contribution in [2.24, 2.45) is 11.8 Å². The quantitative estimate of drug-likeness (QED) is 0.739. The van der Waals surface area contributed by atoms with Gasteiger partial charge in [-0.2, -0.15) is 0 Å². The first-order chi connectivity index (χ1) is 14.1. The average Bonchev–Trinajstić information content (AvgIpc) is 3.43. The van der Waals surface area contributed by atoms with Crippen LogP contribution in [0.1, 0.15) is 47.2 Å². The first kappa shape index (κ1) is 18.8. The molecule has 3 unspecified atom stereocenters. The van der Waals surface area contributed by atoms with E-state index in [1.54, 1.807) is 4.90 Å². The number of amides is 3. The monoisotopic (exact) mass is 396 g/mol. The van der Waals surface area contributed by atoms with Crippen LogP contribution in [0.2, 0.25) is 0 Å². The molecule has 29 heavy (non-hydrogen) atoms. The number of rotatable bonds is 4. The van der Waals surface area contributed by atoms with E-state index in [4.69, 9.17) is 0 Å². The number of carbonyl (C=O) groups excluding carboxylic acids is 3. The van der Waals surface area contributed by atoms with Crippen molar-refractivity contribution in [3.8, 4) is 0 Å². The number of likely N-dealkylation sites (tertiary alicyclic amines) is 1. The molecule has 5 rings (SSSR count). The second-order valence-electron chi connectivity index (χ2n) is 8.93. The molecule has 0 aromatic heterocycles. The number of hydrogen-bond donors (Lipinski definition) is 2. The Morgan fingerprint density at radius 2 is 1.97 bits per heavy atom. The van der Waals surface area contributed by atoms with Gasteiger partial charge >= 0.3 is 0 Å². The van der Waals surface area contributed by atoms with Crippen LogP contribution in [0.4, 0.5) is 0 Å². The van der Waals surface area contributed by atoms with Gasteiger partial charge in [0, 0.05) is 31.6 Å². The van der Waals surface area contributed by atoms with Crippen molar-refractivity contribution in [1.82, 2.24) is 20.4 Å². The normalized spacial score (nSPS) is 30.1. The van der Waals surface area contributed by atoms with Gasteiger partial charge < -0.3 is 10.2 Å². The smallest absolute Gasteiger partial charge is 0.255 e. The molecule has 0 spiro atoms. The maximum atomic E-state index is 13.0. The number of benzene rings is 1. The Morgan fingerprint density at radius 1 is 1.07 bits per heavy atom. The summed E-state index contributed by atoms with van der Waals surface area (Å²) in [5.74, 6) is 0.891. The Hall–Kier alpha value is -2.25. The molecule has 1 aromatic rings. The van der Waals surface area contributed by atoms with Crippen molar-refractivity contribution < 1.29 is 14.4 Å². The summed E-state index contributed by atoms with van der Waals surface area (Å²) >= 11 is 0. The maximum Gasteiger partial charge on any atom is 0.255 e. The van der Waals surface area contributed by atoms with Gasteiger partial charge in [0.05, 0.1) is 0 Å². The number of imide groups is 1. The van der Waals surface area contributed by atoms with Crippen LogP contribution in [-0.2, 0) is 22.7 Å². The van der Waals surface area contributed by atoms with Crippen LogP contribution in [0.3, 0.4) is 0 Å². The lowest BCUT2D eigenvalue weighted by molar-refractivity contribution is -0.136. The number of carbonyl (C=O) groups is 3. The fourth-order valence-electron chi connectivity index (χ4n) is 5.43. The fourth-order valence-corrected chi connectivity index (χ4v) is 5.43. The maximum absolute atomic E-state index is 13.0. The van der Waals surface area contributed by atoms with E-state index < -0.39 is 6.04 Å². The van der Waals surface area contributed by atoms with Gasteiger partial charge in [0.2, 0.25) is 11.8 Å². The topological polar surface area (TPSA) is 81.8 Å². The third kappa shape index (κ3) is 3.57. The molecule has 0 aliphatic carbocycles. The summed E-state index contributed by atoms with van der Waals surface area (Å²) in [4.78, 5) is 40.7. The molecular formula is C22H28N4O3. The van der Waals surface area contributed by atoms with Crippen LogP contribution in [-0.4, -0.2) is 59.7 Å². The minimum Gasteiger partial charge on any atom is -0.322 e.